The maximum atomic E-state index is 5.84. The smallest absolute Gasteiger partial charge is 0.298 e. The van der Waals surface area contributed by atoms with Gasteiger partial charge in [0.05, 0.1) is 0 Å². The van der Waals surface area contributed by atoms with Crippen LogP contribution in [0.4, 0.5) is 11.7 Å². The predicted octanol–water partition coefficient (Wildman–Crippen LogP) is 2.33. The van der Waals surface area contributed by atoms with E-state index in [9.17, 15) is 0 Å². The molecule has 1 fully saturated rings. The molecule has 0 spiro atoms. The lowest BCUT2D eigenvalue weighted by Gasteiger charge is -2.35. The summed E-state index contributed by atoms with van der Waals surface area (Å²) in [7, 11) is 2.07. The van der Waals surface area contributed by atoms with Gasteiger partial charge in [0.25, 0.3) is 6.01 Å². The summed E-state index contributed by atoms with van der Waals surface area (Å²) >= 11 is 0. The van der Waals surface area contributed by atoms with Crippen molar-refractivity contribution in [2.75, 3.05) is 37.3 Å². The van der Waals surface area contributed by atoms with Gasteiger partial charge in [-0.15, -0.1) is 0 Å². The Morgan fingerprint density at radius 2 is 2.15 bits per heavy atom. The van der Waals surface area contributed by atoms with Gasteiger partial charge < -0.3 is 20.0 Å². The van der Waals surface area contributed by atoms with E-state index in [1.807, 2.05) is 18.2 Å². The van der Waals surface area contributed by atoms with Crippen LogP contribution in [0.5, 0.6) is 0 Å². The molecular weight excluding hydrogens is 252 g/mol. The lowest BCUT2D eigenvalue weighted by Crippen LogP contribution is -2.43. The number of nitrogen functional groups attached to an aromatic ring is 1. The summed E-state index contributed by atoms with van der Waals surface area (Å²) in [5, 5.41) is 0. The van der Waals surface area contributed by atoms with Crippen LogP contribution in [0, 0.1) is 0 Å². The van der Waals surface area contributed by atoms with Gasteiger partial charge in [-0.2, -0.15) is 4.98 Å². The summed E-state index contributed by atoms with van der Waals surface area (Å²) in [6.45, 7) is 5.66. The number of aromatic nitrogens is 1. The van der Waals surface area contributed by atoms with Gasteiger partial charge in [0, 0.05) is 31.9 Å². The molecule has 1 aliphatic rings. The predicted molar refractivity (Wildman–Crippen MR) is 82.0 cm³/mol. The van der Waals surface area contributed by atoms with E-state index in [0.717, 1.165) is 49.3 Å². The zero-order valence-electron chi connectivity index (χ0n) is 12.2. The van der Waals surface area contributed by atoms with Gasteiger partial charge in [-0.3, -0.25) is 0 Å². The molecule has 3 rings (SSSR count). The maximum Gasteiger partial charge on any atom is 0.298 e. The molecule has 0 atom stereocenters. The van der Waals surface area contributed by atoms with Crippen LogP contribution < -0.4 is 10.6 Å². The van der Waals surface area contributed by atoms with Crippen LogP contribution in [-0.4, -0.2) is 42.6 Å². The molecule has 5 nitrogen and oxygen atoms in total. The van der Waals surface area contributed by atoms with Crippen molar-refractivity contribution in [2.45, 2.75) is 25.8 Å². The van der Waals surface area contributed by atoms with Crippen molar-refractivity contribution < 1.29 is 4.42 Å². The minimum absolute atomic E-state index is 0.503. The Balaban J connectivity index is 1.77. The summed E-state index contributed by atoms with van der Waals surface area (Å²) in [4.78, 5) is 9.21. The quantitative estimate of drug-likeness (QED) is 0.871. The third-order valence-electron chi connectivity index (χ3n) is 4.25. The topological polar surface area (TPSA) is 58.5 Å². The number of anilines is 2. The average molecular weight is 274 g/mol. The Hall–Kier alpha value is -1.75. The average Bonchev–Trinajstić information content (AvgIpc) is 2.89. The number of rotatable bonds is 3. The van der Waals surface area contributed by atoms with Crippen LogP contribution in [0.1, 0.15) is 19.8 Å². The van der Waals surface area contributed by atoms with Gasteiger partial charge in [0.15, 0.2) is 5.58 Å². The molecule has 0 amide bonds. The molecule has 108 valence electrons. The Bertz CT molecular complexity index is 587. The molecule has 1 aliphatic heterocycles. The van der Waals surface area contributed by atoms with Crippen molar-refractivity contribution in [1.82, 2.24) is 9.88 Å². The minimum Gasteiger partial charge on any atom is -0.423 e. The lowest BCUT2D eigenvalue weighted by atomic mass is 10.0. The third kappa shape index (κ3) is 2.45. The lowest BCUT2D eigenvalue weighted by molar-refractivity contribution is 0.218. The first-order valence-corrected chi connectivity index (χ1v) is 7.28. The molecule has 0 radical (unpaired) electrons. The first kappa shape index (κ1) is 13.2. The third-order valence-corrected chi connectivity index (χ3v) is 4.25. The van der Waals surface area contributed by atoms with E-state index < -0.39 is 0 Å². The van der Waals surface area contributed by atoms with Crippen LogP contribution in [0.15, 0.2) is 22.6 Å². The summed E-state index contributed by atoms with van der Waals surface area (Å²) in [6.07, 6.45) is 2.32. The van der Waals surface area contributed by atoms with Gasteiger partial charge in [-0.25, -0.2) is 0 Å². The highest BCUT2D eigenvalue weighted by molar-refractivity contribution is 5.78. The Labute approximate surface area is 119 Å². The zero-order chi connectivity index (χ0) is 14.1. The molecular formula is C15H22N4O. The fraction of sp³-hybridized carbons (Fsp3) is 0.533. The number of oxazole rings is 1. The van der Waals surface area contributed by atoms with Gasteiger partial charge in [0.2, 0.25) is 0 Å². The van der Waals surface area contributed by atoms with E-state index in [2.05, 4.69) is 28.8 Å². The minimum atomic E-state index is 0.503. The second-order valence-corrected chi connectivity index (χ2v) is 5.50. The standard InChI is InChI=1S/C15H22N4O/c1-3-19-8-6-12(7-9-19)18(2)15-17-13-10-11(16)4-5-14(13)20-15/h4-5,10,12H,3,6-9,16H2,1-2H3. The van der Waals surface area contributed by atoms with Crippen molar-refractivity contribution in [3.63, 3.8) is 0 Å². The molecule has 0 saturated carbocycles. The Morgan fingerprint density at radius 1 is 1.40 bits per heavy atom. The first-order chi connectivity index (χ1) is 9.67. The van der Waals surface area contributed by atoms with Gasteiger partial charge in [-0.1, -0.05) is 6.92 Å². The second-order valence-electron chi connectivity index (χ2n) is 5.50. The molecule has 0 aliphatic carbocycles. The largest absolute Gasteiger partial charge is 0.423 e. The van der Waals surface area contributed by atoms with E-state index in [1.54, 1.807) is 0 Å². The molecule has 1 saturated heterocycles. The Morgan fingerprint density at radius 3 is 2.85 bits per heavy atom. The van der Waals surface area contributed by atoms with E-state index in [4.69, 9.17) is 10.2 Å². The SMILES string of the molecule is CCN1CCC(N(C)c2nc3cc(N)ccc3o2)CC1. The van der Waals surface area contributed by atoms with Crippen molar-refractivity contribution in [2.24, 2.45) is 0 Å². The van der Waals surface area contributed by atoms with Crippen LogP contribution in [-0.2, 0) is 0 Å². The van der Waals surface area contributed by atoms with Gasteiger partial charge in [0.1, 0.15) is 5.52 Å². The van der Waals surface area contributed by atoms with Crippen LogP contribution in [0.3, 0.4) is 0 Å². The first-order valence-electron chi connectivity index (χ1n) is 7.28. The molecule has 2 aromatic rings. The molecule has 2 N–H and O–H groups in total. The summed E-state index contributed by atoms with van der Waals surface area (Å²) in [5.74, 6) is 0. The van der Waals surface area contributed by atoms with E-state index in [1.165, 1.54) is 0 Å². The molecule has 2 heterocycles. The molecule has 0 unspecified atom stereocenters. The molecule has 20 heavy (non-hydrogen) atoms. The molecule has 1 aromatic carbocycles. The van der Waals surface area contributed by atoms with Crippen LogP contribution in [0.25, 0.3) is 11.1 Å². The molecule has 0 bridgehead atoms. The van der Waals surface area contributed by atoms with Crippen molar-refractivity contribution in [3.8, 4) is 0 Å². The fourth-order valence-corrected chi connectivity index (χ4v) is 2.86. The second kappa shape index (κ2) is 5.32. The number of nitrogens with zero attached hydrogens (tertiary/aromatic N) is 3. The number of likely N-dealkylation sites (tertiary alicyclic amines) is 1. The number of fused-ring (bicyclic) bond motifs is 1. The summed E-state index contributed by atoms with van der Waals surface area (Å²) in [5.41, 5.74) is 8.13. The highest BCUT2D eigenvalue weighted by Crippen LogP contribution is 2.26. The highest BCUT2D eigenvalue weighted by Gasteiger charge is 2.24. The number of benzene rings is 1. The number of piperidine rings is 1. The highest BCUT2D eigenvalue weighted by atomic mass is 16.4. The van der Waals surface area contributed by atoms with E-state index in [-0.39, 0.29) is 0 Å². The van der Waals surface area contributed by atoms with Crippen molar-refractivity contribution in [3.05, 3.63) is 18.2 Å². The van der Waals surface area contributed by atoms with Crippen LogP contribution in [0.2, 0.25) is 0 Å². The molecule has 5 heteroatoms. The van der Waals surface area contributed by atoms with Crippen LogP contribution >= 0.6 is 0 Å². The fourth-order valence-electron chi connectivity index (χ4n) is 2.86. The normalized spacial score (nSPS) is 17.7. The van der Waals surface area contributed by atoms with Crippen molar-refractivity contribution >= 4 is 22.8 Å². The summed E-state index contributed by atoms with van der Waals surface area (Å²) in [6, 6.07) is 6.78. The van der Waals surface area contributed by atoms with E-state index in [0.29, 0.717) is 12.1 Å². The van der Waals surface area contributed by atoms with E-state index >= 15 is 0 Å². The number of nitrogens with two attached hydrogens (primary N) is 1. The number of hydrogen-bond acceptors (Lipinski definition) is 5. The summed E-state index contributed by atoms with van der Waals surface area (Å²) < 4.78 is 5.84. The van der Waals surface area contributed by atoms with Crippen molar-refractivity contribution in [1.29, 1.82) is 0 Å². The number of hydrogen-bond donors (Lipinski definition) is 1. The monoisotopic (exact) mass is 274 g/mol. The van der Waals surface area contributed by atoms with Gasteiger partial charge in [-0.05, 0) is 37.6 Å². The van der Waals surface area contributed by atoms with Gasteiger partial charge >= 0.3 is 0 Å². The zero-order valence-corrected chi connectivity index (χ0v) is 12.2. The molecule has 1 aromatic heterocycles. The Kier molecular flexibility index (Phi) is 3.53. The maximum absolute atomic E-state index is 5.84.